The fourth-order valence-electron chi connectivity index (χ4n) is 1.53. The van der Waals surface area contributed by atoms with Crippen molar-refractivity contribution < 1.29 is 9.26 Å². The molecule has 15 heavy (non-hydrogen) atoms. The Labute approximate surface area is 89.0 Å². The number of nitrogens with two attached hydrogens (primary N) is 1. The average Bonchev–Trinajstić information content (AvgIpc) is 2.59. The summed E-state index contributed by atoms with van der Waals surface area (Å²) in [7, 11) is 0. The molecule has 5 nitrogen and oxygen atoms in total. The topological polar surface area (TPSA) is 74.2 Å². The SMILES string of the molecule is CC(C)OCc1nc(C2(N)CCC2)no1. The van der Waals surface area contributed by atoms with E-state index in [0.29, 0.717) is 18.3 Å². The van der Waals surface area contributed by atoms with Crippen LogP contribution in [0.15, 0.2) is 4.52 Å². The maximum Gasteiger partial charge on any atom is 0.252 e. The molecule has 1 heterocycles. The molecule has 2 rings (SSSR count). The van der Waals surface area contributed by atoms with Gasteiger partial charge in [0.2, 0.25) is 0 Å². The second-order valence-electron chi connectivity index (χ2n) is 4.38. The molecule has 0 spiro atoms. The number of rotatable bonds is 4. The molecule has 0 atom stereocenters. The average molecular weight is 211 g/mol. The van der Waals surface area contributed by atoms with Gasteiger partial charge in [-0.25, -0.2) is 0 Å². The lowest BCUT2D eigenvalue weighted by atomic mass is 9.77. The van der Waals surface area contributed by atoms with Gasteiger partial charge in [-0.05, 0) is 33.1 Å². The van der Waals surface area contributed by atoms with E-state index in [1.54, 1.807) is 0 Å². The molecule has 84 valence electrons. The van der Waals surface area contributed by atoms with E-state index in [9.17, 15) is 0 Å². The van der Waals surface area contributed by atoms with Crippen molar-refractivity contribution in [2.24, 2.45) is 5.73 Å². The highest BCUT2D eigenvalue weighted by atomic mass is 16.5. The largest absolute Gasteiger partial charge is 0.369 e. The number of nitrogens with zero attached hydrogens (tertiary/aromatic N) is 2. The summed E-state index contributed by atoms with van der Waals surface area (Å²) in [4.78, 5) is 4.25. The van der Waals surface area contributed by atoms with Gasteiger partial charge in [0, 0.05) is 0 Å². The van der Waals surface area contributed by atoms with Crippen LogP contribution in [0.2, 0.25) is 0 Å². The highest BCUT2D eigenvalue weighted by molar-refractivity contribution is 5.08. The smallest absolute Gasteiger partial charge is 0.252 e. The molecule has 0 radical (unpaired) electrons. The predicted molar refractivity (Wildman–Crippen MR) is 53.9 cm³/mol. The minimum atomic E-state index is -0.348. The molecule has 0 saturated heterocycles. The zero-order chi connectivity index (χ0) is 10.9. The first-order chi connectivity index (χ1) is 7.10. The Morgan fingerprint density at radius 3 is 2.80 bits per heavy atom. The van der Waals surface area contributed by atoms with Crippen LogP contribution in [-0.4, -0.2) is 16.2 Å². The first-order valence-corrected chi connectivity index (χ1v) is 5.34. The molecular formula is C10H17N3O2. The van der Waals surface area contributed by atoms with Crippen molar-refractivity contribution in [1.82, 2.24) is 10.1 Å². The Kier molecular flexibility index (Phi) is 2.75. The van der Waals surface area contributed by atoms with Gasteiger partial charge in [-0.3, -0.25) is 0 Å². The van der Waals surface area contributed by atoms with E-state index in [1.807, 2.05) is 13.8 Å². The van der Waals surface area contributed by atoms with E-state index in [1.165, 1.54) is 0 Å². The van der Waals surface area contributed by atoms with Crippen molar-refractivity contribution in [3.63, 3.8) is 0 Å². The summed E-state index contributed by atoms with van der Waals surface area (Å²) in [5.74, 6) is 1.13. The zero-order valence-electron chi connectivity index (χ0n) is 9.19. The summed E-state index contributed by atoms with van der Waals surface area (Å²) in [5, 5.41) is 3.90. The highest BCUT2D eigenvalue weighted by Gasteiger charge is 2.38. The molecule has 0 aromatic carbocycles. The normalized spacial score (nSPS) is 19.2. The third-order valence-corrected chi connectivity index (χ3v) is 2.70. The van der Waals surface area contributed by atoms with Crippen LogP contribution >= 0.6 is 0 Å². The molecule has 0 aliphatic heterocycles. The standard InChI is InChI=1S/C10H17N3O2/c1-7(2)14-6-8-12-9(13-15-8)10(11)4-3-5-10/h7H,3-6,11H2,1-2H3. The summed E-state index contributed by atoms with van der Waals surface area (Å²) in [5.41, 5.74) is 5.72. The Morgan fingerprint density at radius 2 is 2.27 bits per heavy atom. The van der Waals surface area contributed by atoms with Crippen LogP contribution in [0.1, 0.15) is 44.8 Å². The van der Waals surface area contributed by atoms with Crippen molar-refractivity contribution in [1.29, 1.82) is 0 Å². The monoisotopic (exact) mass is 211 g/mol. The lowest BCUT2D eigenvalue weighted by Crippen LogP contribution is -2.44. The maximum atomic E-state index is 6.07. The first-order valence-electron chi connectivity index (χ1n) is 5.34. The van der Waals surface area contributed by atoms with Gasteiger partial charge in [0.25, 0.3) is 5.89 Å². The molecule has 2 N–H and O–H groups in total. The van der Waals surface area contributed by atoms with Crippen molar-refractivity contribution in [3.8, 4) is 0 Å². The summed E-state index contributed by atoms with van der Waals surface area (Å²) in [6, 6.07) is 0. The third kappa shape index (κ3) is 2.18. The Hall–Kier alpha value is -0.940. The molecule has 1 aromatic heterocycles. The lowest BCUT2D eigenvalue weighted by Gasteiger charge is -2.34. The van der Waals surface area contributed by atoms with Crippen LogP contribution in [0.25, 0.3) is 0 Å². The number of ether oxygens (including phenoxy) is 1. The number of hydrogen-bond donors (Lipinski definition) is 1. The van der Waals surface area contributed by atoms with Gasteiger partial charge < -0.3 is 15.0 Å². The van der Waals surface area contributed by atoms with E-state index in [-0.39, 0.29) is 11.6 Å². The molecule has 5 heteroatoms. The Morgan fingerprint density at radius 1 is 1.53 bits per heavy atom. The van der Waals surface area contributed by atoms with Crippen LogP contribution < -0.4 is 5.73 Å². The van der Waals surface area contributed by atoms with Crippen molar-refractivity contribution in [2.75, 3.05) is 0 Å². The molecule has 1 aliphatic rings. The summed E-state index contributed by atoms with van der Waals surface area (Å²) >= 11 is 0. The fraction of sp³-hybridized carbons (Fsp3) is 0.800. The van der Waals surface area contributed by atoms with Crippen LogP contribution in [0.3, 0.4) is 0 Å². The van der Waals surface area contributed by atoms with Crippen molar-refractivity contribution in [2.45, 2.75) is 51.4 Å². The second kappa shape index (κ2) is 3.90. The van der Waals surface area contributed by atoms with Gasteiger partial charge in [-0.2, -0.15) is 4.98 Å². The molecule has 0 unspecified atom stereocenters. The molecule has 1 saturated carbocycles. The van der Waals surface area contributed by atoms with Crippen molar-refractivity contribution in [3.05, 3.63) is 11.7 Å². The minimum Gasteiger partial charge on any atom is -0.369 e. The predicted octanol–water partition coefficient (Wildman–Crippen LogP) is 1.33. The van der Waals surface area contributed by atoms with E-state index in [0.717, 1.165) is 19.3 Å². The highest BCUT2D eigenvalue weighted by Crippen LogP contribution is 2.36. The van der Waals surface area contributed by atoms with Gasteiger partial charge in [0.15, 0.2) is 5.82 Å². The summed E-state index contributed by atoms with van der Waals surface area (Å²) in [6.07, 6.45) is 3.19. The van der Waals surface area contributed by atoms with Gasteiger partial charge in [-0.1, -0.05) is 5.16 Å². The van der Waals surface area contributed by atoms with E-state index >= 15 is 0 Å². The van der Waals surface area contributed by atoms with Gasteiger partial charge in [0.05, 0.1) is 11.6 Å². The molecule has 1 aliphatic carbocycles. The van der Waals surface area contributed by atoms with Crippen molar-refractivity contribution >= 4 is 0 Å². The van der Waals surface area contributed by atoms with E-state index in [2.05, 4.69) is 10.1 Å². The molecule has 0 bridgehead atoms. The summed E-state index contributed by atoms with van der Waals surface area (Å²) in [6.45, 7) is 4.29. The van der Waals surface area contributed by atoms with E-state index < -0.39 is 0 Å². The first kappa shape index (κ1) is 10.6. The summed E-state index contributed by atoms with van der Waals surface area (Å²) < 4.78 is 10.4. The van der Waals surface area contributed by atoms with Gasteiger partial charge in [-0.15, -0.1) is 0 Å². The number of hydrogen-bond acceptors (Lipinski definition) is 5. The van der Waals surface area contributed by atoms with Crippen LogP contribution in [0.4, 0.5) is 0 Å². The quantitative estimate of drug-likeness (QED) is 0.813. The molecular weight excluding hydrogens is 194 g/mol. The van der Waals surface area contributed by atoms with Gasteiger partial charge in [0.1, 0.15) is 6.61 Å². The molecule has 1 fully saturated rings. The van der Waals surface area contributed by atoms with Crippen LogP contribution in [-0.2, 0) is 16.9 Å². The second-order valence-corrected chi connectivity index (χ2v) is 4.38. The third-order valence-electron chi connectivity index (χ3n) is 2.70. The van der Waals surface area contributed by atoms with Gasteiger partial charge >= 0.3 is 0 Å². The minimum absolute atomic E-state index is 0.163. The Bertz CT molecular complexity index is 331. The Balaban J connectivity index is 1.98. The van der Waals surface area contributed by atoms with Crippen LogP contribution in [0.5, 0.6) is 0 Å². The van der Waals surface area contributed by atoms with E-state index in [4.69, 9.17) is 15.0 Å². The fourth-order valence-corrected chi connectivity index (χ4v) is 1.53. The van der Waals surface area contributed by atoms with Crippen LogP contribution in [0, 0.1) is 0 Å². The maximum absolute atomic E-state index is 6.07. The zero-order valence-corrected chi connectivity index (χ0v) is 9.19. The number of aromatic nitrogens is 2. The molecule has 1 aromatic rings. The molecule has 0 amide bonds. The lowest BCUT2D eigenvalue weighted by molar-refractivity contribution is 0.0485.